The van der Waals surface area contributed by atoms with Crippen molar-refractivity contribution in [3.63, 3.8) is 0 Å². The van der Waals surface area contributed by atoms with Crippen LogP contribution < -0.4 is 0 Å². The molecule has 2 fully saturated rings. The summed E-state index contributed by atoms with van der Waals surface area (Å²) >= 11 is 0. The highest BCUT2D eigenvalue weighted by molar-refractivity contribution is 5.78. The van der Waals surface area contributed by atoms with Gasteiger partial charge in [0.15, 0.2) is 0 Å². The lowest BCUT2D eigenvalue weighted by Crippen LogP contribution is -2.57. The fourth-order valence-electron chi connectivity index (χ4n) is 4.37. The summed E-state index contributed by atoms with van der Waals surface area (Å²) in [6.07, 6.45) is 3.17. The van der Waals surface area contributed by atoms with E-state index in [9.17, 15) is 19.8 Å². The molecule has 148 valence electrons. The van der Waals surface area contributed by atoms with Gasteiger partial charge in [-0.2, -0.15) is 0 Å². The third-order valence-electron chi connectivity index (χ3n) is 6.08. The number of piperidine rings is 1. The van der Waals surface area contributed by atoms with Gasteiger partial charge < -0.3 is 20.0 Å². The van der Waals surface area contributed by atoms with Crippen molar-refractivity contribution in [1.29, 1.82) is 0 Å². The largest absolute Gasteiger partial charge is 0.481 e. The van der Waals surface area contributed by atoms with Gasteiger partial charge in [0.25, 0.3) is 0 Å². The maximum atomic E-state index is 12.1. The number of amides is 1. The Hall–Kier alpha value is -1.92. The molecule has 0 radical (unpaired) electrons. The van der Waals surface area contributed by atoms with E-state index in [1.165, 1.54) is 5.56 Å². The Morgan fingerprint density at radius 1 is 1.19 bits per heavy atom. The lowest BCUT2D eigenvalue weighted by atomic mass is 9.73. The second-order valence-electron chi connectivity index (χ2n) is 7.87. The molecule has 2 saturated heterocycles. The number of rotatable bonds is 8. The molecule has 2 aliphatic rings. The Bertz CT molecular complexity index is 651. The number of carboxylic acids is 1. The lowest BCUT2D eigenvalue weighted by molar-refractivity contribution is -0.164. The maximum Gasteiger partial charge on any atom is 0.313 e. The van der Waals surface area contributed by atoms with Crippen LogP contribution in [0.3, 0.4) is 0 Å². The van der Waals surface area contributed by atoms with E-state index in [0.29, 0.717) is 45.4 Å². The third kappa shape index (κ3) is 4.68. The van der Waals surface area contributed by atoms with Crippen LogP contribution in [-0.2, 0) is 16.0 Å². The van der Waals surface area contributed by atoms with E-state index < -0.39 is 17.5 Å². The number of carbonyl (C=O) groups excluding carboxylic acids is 1. The van der Waals surface area contributed by atoms with Crippen LogP contribution in [0.2, 0.25) is 0 Å². The van der Waals surface area contributed by atoms with E-state index in [2.05, 4.69) is 4.90 Å². The Morgan fingerprint density at radius 2 is 1.96 bits per heavy atom. The second-order valence-corrected chi connectivity index (χ2v) is 7.87. The van der Waals surface area contributed by atoms with Gasteiger partial charge in [0.05, 0.1) is 6.10 Å². The quantitative estimate of drug-likeness (QED) is 0.725. The van der Waals surface area contributed by atoms with Crippen LogP contribution >= 0.6 is 0 Å². The minimum absolute atomic E-state index is 0.194. The Morgan fingerprint density at radius 3 is 2.63 bits per heavy atom. The van der Waals surface area contributed by atoms with Crippen molar-refractivity contribution < 1.29 is 19.8 Å². The smallest absolute Gasteiger partial charge is 0.313 e. The van der Waals surface area contributed by atoms with Crippen molar-refractivity contribution >= 4 is 11.9 Å². The van der Waals surface area contributed by atoms with Crippen molar-refractivity contribution in [3.05, 3.63) is 35.9 Å². The molecule has 1 amide bonds. The zero-order valence-electron chi connectivity index (χ0n) is 15.8. The number of aliphatic hydroxyl groups excluding tert-OH is 1. The zero-order valence-corrected chi connectivity index (χ0v) is 15.8. The molecular formula is C21H30N2O4. The van der Waals surface area contributed by atoms with Gasteiger partial charge in [-0.3, -0.25) is 9.59 Å². The molecule has 1 aromatic carbocycles. The number of carboxylic acid groups (broad SMARTS) is 1. The molecule has 2 atom stereocenters. The Kier molecular flexibility index (Phi) is 6.50. The summed E-state index contributed by atoms with van der Waals surface area (Å²) in [4.78, 5) is 27.9. The first-order chi connectivity index (χ1) is 13.0. The molecule has 1 aromatic rings. The highest BCUT2D eigenvalue weighted by Crippen LogP contribution is 2.36. The highest BCUT2D eigenvalue weighted by Gasteiger charge is 2.48. The molecule has 2 aliphatic heterocycles. The van der Waals surface area contributed by atoms with E-state index in [1.54, 1.807) is 0 Å². The summed E-state index contributed by atoms with van der Waals surface area (Å²) in [5.41, 5.74) is 0.0648. The van der Waals surface area contributed by atoms with E-state index in [0.717, 1.165) is 25.8 Å². The van der Waals surface area contributed by atoms with Crippen LogP contribution in [0.25, 0.3) is 0 Å². The van der Waals surface area contributed by atoms with Gasteiger partial charge in [0.1, 0.15) is 5.41 Å². The standard InChI is InChI=1S/C21H30N2O4/c24-18-10-13-22(14-15-23-12-5-9-19(23)25)16-21(18,20(26)27)11-4-8-17-6-2-1-3-7-17/h1-3,6-7,18,24H,4-5,8-16H2,(H,26,27)/t18-,21+/m0/s1. The lowest BCUT2D eigenvalue weighted by Gasteiger charge is -2.43. The Labute approximate surface area is 160 Å². The fraction of sp³-hybridized carbons (Fsp3) is 0.619. The Balaban J connectivity index is 1.59. The van der Waals surface area contributed by atoms with Crippen LogP contribution in [0.15, 0.2) is 30.3 Å². The first-order valence-corrected chi connectivity index (χ1v) is 9.97. The van der Waals surface area contributed by atoms with Crippen LogP contribution in [0.1, 0.15) is 37.7 Å². The molecule has 3 rings (SSSR count). The van der Waals surface area contributed by atoms with Crippen molar-refractivity contribution in [3.8, 4) is 0 Å². The number of hydrogen-bond acceptors (Lipinski definition) is 4. The molecule has 6 nitrogen and oxygen atoms in total. The topological polar surface area (TPSA) is 81.1 Å². The predicted molar refractivity (Wildman–Crippen MR) is 102 cm³/mol. The van der Waals surface area contributed by atoms with Crippen LogP contribution in [0.4, 0.5) is 0 Å². The van der Waals surface area contributed by atoms with E-state index >= 15 is 0 Å². The minimum Gasteiger partial charge on any atom is -0.481 e. The summed E-state index contributed by atoms with van der Waals surface area (Å²) in [6, 6.07) is 10.0. The molecule has 6 heteroatoms. The number of hydrogen-bond donors (Lipinski definition) is 2. The number of aliphatic carboxylic acids is 1. The van der Waals surface area contributed by atoms with Crippen molar-refractivity contribution in [2.24, 2.45) is 5.41 Å². The number of aliphatic hydroxyl groups is 1. The van der Waals surface area contributed by atoms with Gasteiger partial charge in [-0.05, 0) is 37.7 Å². The van der Waals surface area contributed by atoms with E-state index in [4.69, 9.17) is 0 Å². The highest BCUT2D eigenvalue weighted by atomic mass is 16.4. The molecule has 0 unspecified atom stereocenters. The molecule has 0 bridgehead atoms. The van der Waals surface area contributed by atoms with E-state index in [-0.39, 0.29) is 5.91 Å². The molecule has 2 N–H and O–H groups in total. The maximum absolute atomic E-state index is 12.1. The number of aryl methyl sites for hydroxylation is 1. The summed E-state index contributed by atoms with van der Waals surface area (Å²) in [6.45, 7) is 3.15. The number of likely N-dealkylation sites (tertiary alicyclic amines) is 2. The fourth-order valence-corrected chi connectivity index (χ4v) is 4.37. The average molecular weight is 374 g/mol. The molecule has 27 heavy (non-hydrogen) atoms. The number of benzene rings is 1. The second kappa shape index (κ2) is 8.85. The molecule has 0 aromatic heterocycles. The van der Waals surface area contributed by atoms with Crippen molar-refractivity contribution in [1.82, 2.24) is 9.80 Å². The summed E-state index contributed by atoms with van der Waals surface area (Å²) < 4.78 is 0. The van der Waals surface area contributed by atoms with Crippen LogP contribution in [-0.4, -0.2) is 70.7 Å². The number of carbonyl (C=O) groups is 2. The van der Waals surface area contributed by atoms with Crippen molar-refractivity contribution in [2.45, 2.75) is 44.6 Å². The summed E-state index contributed by atoms with van der Waals surface area (Å²) in [5.74, 6) is -0.718. The van der Waals surface area contributed by atoms with Crippen molar-refractivity contribution in [2.75, 3.05) is 32.7 Å². The molecule has 0 aliphatic carbocycles. The van der Waals surface area contributed by atoms with Crippen LogP contribution in [0, 0.1) is 5.41 Å². The zero-order chi connectivity index (χ0) is 19.3. The molecule has 0 spiro atoms. The first kappa shape index (κ1) is 19.8. The normalized spacial score (nSPS) is 26.5. The monoisotopic (exact) mass is 374 g/mol. The summed E-state index contributed by atoms with van der Waals surface area (Å²) in [7, 11) is 0. The van der Waals surface area contributed by atoms with Gasteiger partial charge in [-0.25, -0.2) is 0 Å². The van der Waals surface area contributed by atoms with Gasteiger partial charge in [-0.15, -0.1) is 0 Å². The van der Waals surface area contributed by atoms with Gasteiger partial charge in [0.2, 0.25) is 5.91 Å². The first-order valence-electron chi connectivity index (χ1n) is 9.97. The average Bonchev–Trinajstić information content (AvgIpc) is 3.07. The van der Waals surface area contributed by atoms with Gasteiger partial charge in [-0.1, -0.05) is 30.3 Å². The predicted octanol–water partition coefficient (Wildman–Crippen LogP) is 1.77. The van der Waals surface area contributed by atoms with E-state index in [1.807, 2.05) is 35.2 Å². The molecular weight excluding hydrogens is 344 g/mol. The van der Waals surface area contributed by atoms with Crippen LogP contribution in [0.5, 0.6) is 0 Å². The SMILES string of the molecule is O=C1CCCN1CCN1CC[C@H](O)[C@](CCCc2ccccc2)(C(=O)O)C1. The van der Waals surface area contributed by atoms with Gasteiger partial charge in [0, 0.05) is 39.1 Å². The molecule has 0 saturated carbocycles. The molecule has 2 heterocycles. The van der Waals surface area contributed by atoms with Gasteiger partial charge >= 0.3 is 5.97 Å². The number of nitrogens with zero attached hydrogens (tertiary/aromatic N) is 2. The summed E-state index contributed by atoms with van der Waals surface area (Å²) in [5, 5.41) is 20.5. The minimum atomic E-state index is -1.12. The third-order valence-corrected chi connectivity index (χ3v) is 6.08.